The molecule has 2 nitrogen and oxygen atoms in total. The molecule has 0 saturated heterocycles. The third-order valence-corrected chi connectivity index (χ3v) is 2.50. The fourth-order valence-electron chi connectivity index (χ4n) is 1.20. The Bertz CT molecular complexity index is 270. The third-order valence-electron chi connectivity index (χ3n) is 2.50. The van der Waals surface area contributed by atoms with Crippen molar-refractivity contribution in [1.82, 2.24) is 5.32 Å². The molecular weight excluding hydrogens is 174 g/mol. The summed E-state index contributed by atoms with van der Waals surface area (Å²) in [7, 11) is 1.66. The van der Waals surface area contributed by atoms with Gasteiger partial charge in [-0.2, -0.15) is 0 Å². The molecule has 1 amide bonds. The highest BCUT2D eigenvalue weighted by Gasteiger charge is 2.08. The van der Waals surface area contributed by atoms with Gasteiger partial charge in [-0.15, -0.1) is 0 Å². The van der Waals surface area contributed by atoms with Crippen molar-refractivity contribution in [2.45, 2.75) is 34.6 Å². The van der Waals surface area contributed by atoms with Gasteiger partial charge in [-0.05, 0) is 33.3 Å². The smallest absolute Gasteiger partial charge is 0.226 e. The lowest BCUT2D eigenvalue weighted by molar-refractivity contribution is -0.122. The molecule has 0 saturated carbocycles. The Kier molecular flexibility index (Phi) is 5.21. The van der Waals surface area contributed by atoms with E-state index < -0.39 is 0 Å². The molecule has 0 spiro atoms. The van der Waals surface area contributed by atoms with E-state index in [0.29, 0.717) is 0 Å². The van der Waals surface area contributed by atoms with Crippen LogP contribution in [0.15, 0.2) is 22.8 Å². The number of carbonyl (C=O) groups is 1. The fourth-order valence-corrected chi connectivity index (χ4v) is 1.20. The first-order chi connectivity index (χ1) is 6.40. The molecule has 0 aromatic heterocycles. The summed E-state index contributed by atoms with van der Waals surface area (Å²) in [5.41, 5.74) is 3.74. The van der Waals surface area contributed by atoms with E-state index in [1.54, 1.807) is 7.05 Å². The van der Waals surface area contributed by atoms with Crippen molar-refractivity contribution in [3.63, 3.8) is 0 Å². The van der Waals surface area contributed by atoms with Gasteiger partial charge in [0, 0.05) is 7.05 Å². The van der Waals surface area contributed by atoms with Crippen LogP contribution in [0.2, 0.25) is 0 Å². The number of hydrogen-bond acceptors (Lipinski definition) is 1. The number of rotatable bonds is 3. The summed E-state index contributed by atoms with van der Waals surface area (Å²) >= 11 is 0. The predicted octanol–water partition coefficient (Wildman–Crippen LogP) is 2.67. The van der Waals surface area contributed by atoms with Gasteiger partial charge in [0.2, 0.25) is 5.91 Å². The lowest BCUT2D eigenvalue weighted by Crippen LogP contribution is -2.24. The SMILES string of the molecule is CNC(=O)C(C)C=C(C)C(C)=C(C)C. The minimum absolute atomic E-state index is 0.0608. The molecule has 1 atom stereocenters. The number of amides is 1. The largest absolute Gasteiger partial charge is 0.359 e. The van der Waals surface area contributed by atoms with Crippen LogP contribution in [0.3, 0.4) is 0 Å². The predicted molar refractivity (Wildman–Crippen MR) is 61.0 cm³/mol. The average Bonchev–Trinajstić information content (AvgIpc) is 2.14. The van der Waals surface area contributed by atoms with Crippen LogP contribution >= 0.6 is 0 Å². The van der Waals surface area contributed by atoms with Crippen molar-refractivity contribution in [2.75, 3.05) is 7.05 Å². The maximum Gasteiger partial charge on any atom is 0.226 e. The first-order valence-electron chi connectivity index (χ1n) is 4.94. The Labute approximate surface area is 87.1 Å². The molecule has 1 unspecified atom stereocenters. The highest BCUT2D eigenvalue weighted by molar-refractivity contribution is 5.79. The molecule has 0 aromatic carbocycles. The van der Waals surface area contributed by atoms with Gasteiger partial charge < -0.3 is 5.32 Å². The standard InChI is InChI=1S/C12H21NO/c1-8(2)11(5)9(3)7-10(4)12(14)13-6/h7,10H,1-6H3,(H,13,14). The molecule has 0 aliphatic heterocycles. The van der Waals surface area contributed by atoms with Crippen LogP contribution in [-0.2, 0) is 4.79 Å². The highest BCUT2D eigenvalue weighted by atomic mass is 16.1. The van der Waals surface area contributed by atoms with Crippen LogP contribution in [0.1, 0.15) is 34.6 Å². The van der Waals surface area contributed by atoms with Crippen molar-refractivity contribution in [2.24, 2.45) is 5.92 Å². The Morgan fingerprint density at radius 3 is 2.07 bits per heavy atom. The van der Waals surface area contributed by atoms with Crippen molar-refractivity contribution < 1.29 is 4.79 Å². The maximum atomic E-state index is 11.3. The van der Waals surface area contributed by atoms with Crippen LogP contribution in [0, 0.1) is 5.92 Å². The summed E-state index contributed by atoms with van der Waals surface area (Å²) in [5.74, 6) is 0.000191. The van der Waals surface area contributed by atoms with E-state index >= 15 is 0 Å². The molecule has 0 aliphatic carbocycles. The van der Waals surface area contributed by atoms with Crippen LogP contribution in [0.4, 0.5) is 0 Å². The zero-order valence-electron chi connectivity index (χ0n) is 10.1. The second kappa shape index (κ2) is 5.63. The van der Waals surface area contributed by atoms with E-state index in [1.807, 2.05) is 19.9 Å². The second-order valence-corrected chi connectivity index (χ2v) is 3.88. The summed E-state index contributed by atoms with van der Waals surface area (Å²) in [6.45, 7) is 10.2. The van der Waals surface area contributed by atoms with Crippen LogP contribution in [-0.4, -0.2) is 13.0 Å². The normalized spacial score (nSPS) is 13.4. The topological polar surface area (TPSA) is 29.1 Å². The monoisotopic (exact) mass is 195 g/mol. The molecule has 14 heavy (non-hydrogen) atoms. The van der Waals surface area contributed by atoms with E-state index in [-0.39, 0.29) is 11.8 Å². The summed E-state index contributed by atoms with van der Waals surface area (Å²) in [6, 6.07) is 0. The summed E-state index contributed by atoms with van der Waals surface area (Å²) in [6.07, 6.45) is 2.00. The molecule has 0 heterocycles. The van der Waals surface area contributed by atoms with E-state index in [0.717, 1.165) is 0 Å². The summed E-state index contributed by atoms with van der Waals surface area (Å²) < 4.78 is 0. The average molecular weight is 195 g/mol. The first kappa shape index (κ1) is 12.9. The molecule has 0 rings (SSSR count). The third kappa shape index (κ3) is 3.77. The van der Waals surface area contributed by atoms with Crippen LogP contribution in [0.5, 0.6) is 0 Å². The van der Waals surface area contributed by atoms with Gasteiger partial charge in [0.1, 0.15) is 0 Å². The lowest BCUT2D eigenvalue weighted by Gasteiger charge is -2.08. The molecule has 0 radical (unpaired) electrons. The summed E-state index contributed by atoms with van der Waals surface area (Å²) in [5, 5.41) is 2.64. The van der Waals surface area contributed by atoms with Gasteiger partial charge in [0.05, 0.1) is 5.92 Å². The molecule has 0 bridgehead atoms. The van der Waals surface area contributed by atoms with Gasteiger partial charge in [0.15, 0.2) is 0 Å². The van der Waals surface area contributed by atoms with Crippen molar-refractivity contribution in [1.29, 1.82) is 0 Å². The van der Waals surface area contributed by atoms with Gasteiger partial charge in [-0.1, -0.05) is 24.1 Å². The minimum atomic E-state index is -0.0608. The van der Waals surface area contributed by atoms with Gasteiger partial charge in [-0.25, -0.2) is 0 Å². The zero-order chi connectivity index (χ0) is 11.3. The van der Waals surface area contributed by atoms with Gasteiger partial charge in [-0.3, -0.25) is 4.79 Å². The van der Waals surface area contributed by atoms with Gasteiger partial charge in [0.25, 0.3) is 0 Å². The maximum absolute atomic E-state index is 11.3. The number of allylic oxidation sites excluding steroid dienone is 3. The Morgan fingerprint density at radius 2 is 1.71 bits per heavy atom. The van der Waals surface area contributed by atoms with Crippen LogP contribution < -0.4 is 5.32 Å². The second-order valence-electron chi connectivity index (χ2n) is 3.88. The first-order valence-corrected chi connectivity index (χ1v) is 4.94. The fraction of sp³-hybridized carbons (Fsp3) is 0.583. The number of hydrogen-bond donors (Lipinski definition) is 1. The van der Waals surface area contributed by atoms with Crippen molar-refractivity contribution in [3.8, 4) is 0 Å². The van der Waals surface area contributed by atoms with Crippen LogP contribution in [0.25, 0.3) is 0 Å². The van der Waals surface area contributed by atoms with E-state index in [4.69, 9.17) is 0 Å². The Balaban J connectivity index is 4.69. The number of nitrogens with one attached hydrogen (secondary N) is 1. The molecule has 2 heteroatoms. The molecule has 0 fully saturated rings. The van der Waals surface area contributed by atoms with Crippen molar-refractivity contribution >= 4 is 5.91 Å². The molecule has 0 aliphatic rings. The van der Waals surface area contributed by atoms with E-state index in [9.17, 15) is 4.79 Å². The quantitative estimate of drug-likeness (QED) is 0.689. The zero-order valence-corrected chi connectivity index (χ0v) is 10.1. The van der Waals surface area contributed by atoms with E-state index in [1.165, 1.54) is 16.7 Å². The Hall–Kier alpha value is -1.05. The Morgan fingerprint density at radius 1 is 1.21 bits per heavy atom. The highest BCUT2D eigenvalue weighted by Crippen LogP contribution is 2.15. The molecule has 1 N–H and O–H groups in total. The minimum Gasteiger partial charge on any atom is -0.359 e. The number of carbonyl (C=O) groups excluding carboxylic acids is 1. The van der Waals surface area contributed by atoms with Gasteiger partial charge >= 0.3 is 0 Å². The molecule has 0 aromatic rings. The molecule has 80 valence electrons. The lowest BCUT2D eigenvalue weighted by atomic mass is 10.00. The van der Waals surface area contributed by atoms with Crippen molar-refractivity contribution in [3.05, 3.63) is 22.8 Å². The van der Waals surface area contributed by atoms with E-state index in [2.05, 4.69) is 26.1 Å². The molecular formula is C12H21NO. The summed E-state index contributed by atoms with van der Waals surface area (Å²) in [4.78, 5) is 11.3.